The molecule has 0 saturated carbocycles. The van der Waals surface area contributed by atoms with Crippen LogP contribution in [0.1, 0.15) is 36.2 Å². The van der Waals surface area contributed by atoms with Crippen LogP contribution in [0.4, 0.5) is 0 Å². The monoisotopic (exact) mass is 391 g/mol. The summed E-state index contributed by atoms with van der Waals surface area (Å²) in [6.45, 7) is 3.46. The normalized spacial score (nSPS) is 17.1. The second-order valence-electron chi connectivity index (χ2n) is 7.19. The Balaban J connectivity index is 1.34. The number of rotatable bonds is 6. The van der Waals surface area contributed by atoms with Gasteiger partial charge >= 0.3 is 0 Å². The van der Waals surface area contributed by atoms with Crippen molar-refractivity contribution in [3.05, 3.63) is 71.6 Å². The standard InChI is InChI=1S/C23H25N3O3/c1-17-24-20-6-2-3-7-21(20)26(17)16-19-11-9-18(10-12-19)13-14-22(27)25-29-23-8-4-5-15-28-23/h2-3,6-7,9-14,23H,4-5,8,15-16H2,1H3,(H,25,27)/b14-13+. The van der Waals surface area contributed by atoms with Crippen LogP contribution >= 0.6 is 0 Å². The van der Waals surface area contributed by atoms with Gasteiger partial charge < -0.3 is 9.30 Å². The van der Waals surface area contributed by atoms with Gasteiger partial charge in [0.15, 0.2) is 6.29 Å². The Labute approximate surface area is 170 Å². The van der Waals surface area contributed by atoms with Gasteiger partial charge in [0.1, 0.15) is 5.82 Å². The highest BCUT2D eigenvalue weighted by Crippen LogP contribution is 2.18. The fraction of sp³-hybridized carbons (Fsp3) is 0.304. The smallest absolute Gasteiger partial charge is 0.267 e. The van der Waals surface area contributed by atoms with Gasteiger partial charge in [0.2, 0.25) is 0 Å². The molecule has 1 saturated heterocycles. The van der Waals surface area contributed by atoms with E-state index in [0.29, 0.717) is 6.61 Å². The van der Waals surface area contributed by atoms with Gasteiger partial charge in [-0.1, -0.05) is 36.4 Å². The summed E-state index contributed by atoms with van der Waals surface area (Å²) in [4.78, 5) is 21.8. The molecule has 2 aromatic carbocycles. The van der Waals surface area contributed by atoms with E-state index in [2.05, 4.69) is 33.2 Å². The van der Waals surface area contributed by atoms with E-state index in [-0.39, 0.29) is 12.2 Å². The Bertz CT molecular complexity index is 1000. The van der Waals surface area contributed by atoms with Crippen LogP contribution in [-0.4, -0.2) is 28.4 Å². The van der Waals surface area contributed by atoms with Crippen LogP contribution in [0.2, 0.25) is 0 Å². The van der Waals surface area contributed by atoms with Gasteiger partial charge in [0, 0.05) is 25.6 Å². The number of imidazole rings is 1. The van der Waals surface area contributed by atoms with Crippen LogP contribution in [0.25, 0.3) is 17.1 Å². The number of benzene rings is 2. The maximum Gasteiger partial charge on any atom is 0.267 e. The lowest BCUT2D eigenvalue weighted by Gasteiger charge is -2.21. The van der Waals surface area contributed by atoms with Gasteiger partial charge in [0.25, 0.3) is 5.91 Å². The van der Waals surface area contributed by atoms with E-state index in [1.54, 1.807) is 6.08 Å². The zero-order chi connectivity index (χ0) is 20.1. The first-order valence-electron chi connectivity index (χ1n) is 9.95. The van der Waals surface area contributed by atoms with Gasteiger partial charge in [-0.05, 0) is 49.1 Å². The number of carbonyl (C=O) groups excluding carboxylic acids is 1. The topological polar surface area (TPSA) is 65.4 Å². The van der Waals surface area contributed by atoms with Gasteiger partial charge in [-0.15, -0.1) is 0 Å². The molecule has 4 rings (SSSR count). The van der Waals surface area contributed by atoms with Crippen molar-refractivity contribution < 1.29 is 14.4 Å². The molecule has 0 radical (unpaired) electrons. The fourth-order valence-corrected chi connectivity index (χ4v) is 3.45. The number of hydrogen-bond acceptors (Lipinski definition) is 4. The molecule has 3 aromatic rings. The molecule has 2 heterocycles. The van der Waals surface area contributed by atoms with E-state index in [0.717, 1.165) is 48.2 Å². The molecule has 1 N–H and O–H groups in total. The van der Waals surface area contributed by atoms with Crippen molar-refractivity contribution in [2.75, 3.05) is 6.61 Å². The van der Waals surface area contributed by atoms with E-state index in [1.807, 2.05) is 37.3 Å². The van der Waals surface area contributed by atoms with Crippen LogP contribution in [0, 0.1) is 6.92 Å². The highest BCUT2D eigenvalue weighted by Gasteiger charge is 2.14. The minimum Gasteiger partial charge on any atom is -0.350 e. The predicted octanol–water partition coefficient (Wildman–Crippen LogP) is 3.98. The average Bonchev–Trinajstić information content (AvgIpc) is 3.07. The molecule has 1 amide bonds. The largest absolute Gasteiger partial charge is 0.350 e. The Kier molecular flexibility index (Phi) is 6.03. The third kappa shape index (κ3) is 4.91. The van der Waals surface area contributed by atoms with Crippen LogP contribution in [-0.2, 0) is 20.9 Å². The van der Waals surface area contributed by atoms with E-state index >= 15 is 0 Å². The van der Waals surface area contributed by atoms with E-state index in [9.17, 15) is 4.79 Å². The number of nitrogens with one attached hydrogen (secondary N) is 1. The molecular weight excluding hydrogens is 366 g/mol. The number of aromatic nitrogens is 2. The van der Waals surface area contributed by atoms with Crippen molar-refractivity contribution in [3.8, 4) is 0 Å². The molecule has 0 spiro atoms. The number of nitrogens with zero attached hydrogens (tertiary/aromatic N) is 2. The average molecular weight is 391 g/mol. The summed E-state index contributed by atoms with van der Waals surface area (Å²) in [5.74, 6) is 0.692. The van der Waals surface area contributed by atoms with Crippen LogP contribution in [0.5, 0.6) is 0 Å². The lowest BCUT2D eigenvalue weighted by molar-refractivity contribution is -0.198. The van der Waals surface area contributed by atoms with Crippen LogP contribution in [0.3, 0.4) is 0 Å². The first-order chi connectivity index (χ1) is 14.2. The van der Waals surface area contributed by atoms with Crippen molar-refractivity contribution in [1.82, 2.24) is 15.0 Å². The van der Waals surface area contributed by atoms with Crippen LogP contribution in [0.15, 0.2) is 54.6 Å². The van der Waals surface area contributed by atoms with Gasteiger partial charge in [-0.25, -0.2) is 15.3 Å². The van der Waals surface area contributed by atoms with E-state index in [4.69, 9.17) is 9.57 Å². The maximum atomic E-state index is 11.9. The Hall–Kier alpha value is -2.96. The molecule has 1 atom stereocenters. The summed E-state index contributed by atoms with van der Waals surface area (Å²) in [7, 11) is 0. The third-order valence-corrected chi connectivity index (χ3v) is 5.02. The summed E-state index contributed by atoms with van der Waals surface area (Å²) in [6.07, 6.45) is 5.78. The summed E-state index contributed by atoms with van der Waals surface area (Å²) >= 11 is 0. The molecular formula is C23H25N3O3. The lowest BCUT2D eigenvalue weighted by atomic mass is 10.1. The molecule has 1 aliphatic heterocycles. The highest BCUT2D eigenvalue weighted by atomic mass is 16.8. The zero-order valence-electron chi connectivity index (χ0n) is 16.5. The van der Waals surface area contributed by atoms with E-state index in [1.165, 1.54) is 11.6 Å². The van der Waals surface area contributed by atoms with Crippen molar-refractivity contribution in [2.24, 2.45) is 0 Å². The Morgan fingerprint density at radius 3 is 2.86 bits per heavy atom. The summed E-state index contributed by atoms with van der Waals surface area (Å²) in [5.41, 5.74) is 6.69. The van der Waals surface area contributed by atoms with Crippen molar-refractivity contribution in [1.29, 1.82) is 0 Å². The number of aryl methyl sites for hydroxylation is 1. The minimum atomic E-state index is -0.344. The second-order valence-corrected chi connectivity index (χ2v) is 7.19. The number of hydroxylamine groups is 1. The lowest BCUT2D eigenvalue weighted by Crippen LogP contribution is -2.32. The van der Waals surface area contributed by atoms with Crippen LogP contribution < -0.4 is 5.48 Å². The SMILES string of the molecule is Cc1nc2ccccc2n1Cc1ccc(/C=C/C(=O)NOC2CCCCO2)cc1. The minimum absolute atomic E-state index is 0.302. The Morgan fingerprint density at radius 2 is 2.07 bits per heavy atom. The fourth-order valence-electron chi connectivity index (χ4n) is 3.45. The van der Waals surface area contributed by atoms with Crippen molar-refractivity contribution in [2.45, 2.75) is 39.0 Å². The molecule has 1 unspecified atom stereocenters. The number of para-hydroxylation sites is 2. The molecule has 1 aliphatic rings. The Morgan fingerprint density at radius 1 is 1.24 bits per heavy atom. The van der Waals surface area contributed by atoms with Crippen molar-refractivity contribution >= 4 is 23.0 Å². The predicted molar refractivity (Wildman–Crippen MR) is 112 cm³/mol. The van der Waals surface area contributed by atoms with Gasteiger partial charge in [-0.2, -0.15) is 0 Å². The molecule has 6 heteroatoms. The molecule has 1 fully saturated rings. The zero-order valence-corrected chi connectivity index (χ0v) is 16.5. The first-order valence-corrected chi connectivity index (χ1v) is 9.95. The summed E-state index contributed by atoms with van der Waals surface area (Å²) in [6, 6.07) is 16.3. The third-order valence-electron chi connectivity index (χ3n) is 5.02. The molecule has 150 valence electrons. The summed E-state index contributed by atoms with van der Waals surface area (Å²) < 4.78 is 7.62. The van der Waals surface area contributed by atoms with Gasteiger partial charge in [0.05, 0.1) is 11.0 Å². The molecule has 29 heavy (non-hydrogen) atoms. The number of ether oxygens (including phenoxy) is 1. The molecule has 0 aliphatic carbocycles. The summed E-state index contributed by atoms with van der Waals surface area (Å²) in [5, 5.41) is 0. The van der Waals surface area contributed by atoms with Crippen molar-refractivity contribution in [3.63, 3.8) is 0 Å². The molecule has 1 aromatic heterocycles. The number of carbonyl (C=O) groups is 1. The maximum absolute atomic E-state index is 11.9. The quantitative estimate of drug-likeness (QED) is 0.510. The van der Waals surface area contributed by atoms with E-state index < -0.39 is 0 Å². The number of hydrogen-bond donors (Lipinski definition) is 1. The molecule has 6 nitrogen and oxygen atoms in total. The number of amides is 1. The number of fused-ring (bicyclic) bond motifs is 1. The first kappa shape index (κ1) is 19.4. The highest BCUT2D eigenvalue weighted by molar-refractivity contribution is 5.90. The van der Waals surface area contributed by atoms with Gasteiger partial charge in [-0.3, -0.25) is 4.79 Å². The second kappa shape index (κ2) is 9.03. The molecule has 0 bridgehead atoms.